The molecule has 1 N–H and O–H groups in total. The van der Waals surface area contributed by atoms with E-state index in [9.17, 15) is 9.59 Å². The molecule has 6 heteroatoms. The van der Waals surface area contributed by atoms with Gasteiger partial charge in [-0.15, -0.1) is 0 Å². The molecule has 4 nitrogen and oxygen atoms in total. The average Bonchev–Trinajstić information content (AvgIpc) is 2.70. The first-order valence-electron chi connectivity index (χ1n) is 6.17. The van der Waals surface area contributed by atoms with Crippen LogP contribution >= 0.6 is 27.3 Å². The van der Waals surface area contributed by atoms with E-state index in [1.54, 1.807) is 5.38 Å². The van der Waals surface area contributed by atoms with Gasteiger partial charge in [0.05, 0.1) is 6.04 Å². The molecule has 2 rings (SSSR count). The van der Waals surface area contributed by atoms with Gasteiger partial charge in [-0.25, -0.2) is 0 Å². The average molecular weight is 355 g/mol. The second kappa shape index (κ2) is 6.37. The first-order chi connectivity index (χ1) is 9.47. The molecule has 0 aliphatic heterocycles. The quantitative estimate of drug-likeness (QED) is 0.917. The van der Waals surface area contributed by atoms with E-state index in [0.717, 1.165) is 27.1 Å². The zero-order valence-electron chi connectivity index (χ0n) is 11.2. The van der Waals surface area contributed by atoms with E-state index in [2.05, 4.69) is 21.2 Å². The van der Waals surface area contributed by atoms with E-state index in [1.807, 2.05) is 38.1 Å². The number of amides is 1. The summed E-state index contributed by atoms with van der Waals surface area (Å²) in [5.74, 6) is -0.166. The zero-order valence-corrected chi connectivity index (χ0v) is 13.6. The van der Waals surface area contributed by atoms with Gasteiger partial charge in [0.25, 0.3) is 0 Å². The van der Waals surface area contributed by atoms with Crippen LogP contribution in [0.3, 0.4) is 0 Å². The molecule has 0 saturated heterocycles. The molecule has 0 fully saturated rings. The number of thiazole rings is 1. The molecule has 1 aromatic carbocycles. The Morgan fingerprint density at radius 2 is 2.25 bits per heavy atom. The Morgan fingerprint density at radius 3 is 2.85 bits per heavy atom. The zero-order chi connectivity index (χ0) is 14.7. The van der Waals surface area contributed by atoms with Crippen molar-refractivity contribution in [3.05, 3.63) is 55.0 Å². The Morgan fingerprint density at radius 1 is 1.50 bits per heavy atom. The molecule has 20 heavy (non-hydrogen) atoms. The SMILES string of the molecule is Cc1csc(=O)n1CC(=O)NC(C)c1cccc(Br)c1. The molecular formula is C14H15BrN2O2S. The normalized spacial score (nSPS) is 12.2. The topological polar surface area (TPSA) is 51.1 Å². The first-order valence-corrected chi connectivity index (χ1v) is 7.84. The number of aryl methyl sites for hydroxylation is 1. The van der Waals surface area contributed by atoms with E-state index in [1.165, 1.54) is 4.57 Å². The van der Waals surface area contributed by atoms with Crippen LogP contribution in [0.2, 0.25) is 0 Å². The summed E-state index contributed by atoms with van der Waals surface area (Å²) in [5.41, 5.74) is 1.83. The largest absolute Gasteiger partial charge is 0.348 e. The predicted octanol–water partition coefficient (Wildman–Crippen LogP) is 2.86. The van der Waals surface area contributed by atoms with Gasteiger partial charge in [0.2, 0.25) is 5.91 Å². The van der Waals surface area contributed by atoms with Crippen molar-refractivity contribution in [3.8, 4) is 0 Å². The van der Waals surface area contributed by atoms with Crippen molar-refractivity contribution in [2.24, 2.45) is 0 Å². The number of nitrogens with one attached hydrogen (secondary N) is 1. The van der Waals surface area contributed by atoms with Crippen LogP contribution in [0.25, 0.3) is 0 Å². The van der Waals surface area contributed by atoms with Crippen LogP contribution < -0.4 is 10.2 Å². The summed E-state index contributed by atoms with van der Waals surface area (Å²) in [7, 11) is 0. The van der Waals surface area contributed by atoms with Crippen LogP contribution in [0.15, 0.2) is 38.9 Å². The minimum atomic E-state index is -0.166. The Kier molecular flexibility index (Phi) is 4.77. The van der Waals surface area contributed by atoms with Gasteiger partial charge in [-0.3, -0.25) is 14.2 Å². The fraction of sp³-hybridized carbons (Fsp3) is 0.286. The Balaban J connectivity index is 2.03. The Labute approximate surface area is 129 Å². The molecule has 0 aliphatic rings. The van der Waals surface area contributed by atoms with Crippen LogP contribution in [0.4, 0.5) is 0 Å². The van der Waals surface area contributed by atoms with Crippen molar-refractivity contribution in [3.63, 3.8) is 0 Å². The Bertz CT molecular complexity index is 678. The maximum atomic E-state index is 12.0. The van der Waals surface area contributed by atoms with Crippen LogP contribution in [-0.4, -0.2) is 10.5 Å². The summed E-state index contributed by atoms with van der Waals surface area (Å²) in [5, 5.41) is 4.66. The number of benzene rings is 1. The van der Waals surface area contributed by atoms with E-state index in [4.69, 9.17) is 0 Å². The number of rotatable bonds is 4. The number of hydrogen-bond acceptors (Lipinski definition) is 3. The highest BCUT2D eigenvalue weighted by Gasteiger charge is 2.12. The molecule has 1 aromatic heterocycles. The molecule has 1 heterocycles. The summed E-state index contributed by atoms with van der Waals surface area (Å²) in [6, 6.07) is 7.68. The minimum absolute atomic E-state index is 0.0620. The summed E-state index contributed by atoms with van der Waals surface area (Å²) in [6.45, 7) is 3.80. The molecule has 1 atom stereocenters. The lowest BCUT2D eigenvalue weighted by Gasteiger charge is -2.15. The highest BCUT2D eigenvalue weighted by atomic mass is 79.9. The molecular weight excluding hydrogens is 340 g/mol. The molecule has 2 aromatic rings. The van der Waals surface area contributed by atoms with Gasteiger partial charge in [0, 0.05) is 15.5 Å². The van der Waals surface area contributed by atoms with Gasteiger partial charge in [-0.1, -0.05) is 39.4 Å². The predicted molar refractivity (Wildman–Crippen MR) is 84.0 cm³/mol. The van der Waals surface area contributed by atoms with Crippen molar-refractivity contribution in [1.82, 2.24) is 9.88 Å². The van der Waals surface area contributed by atoms with Gasteiger partial charge in [0.15, 0.2) is 0 Å². The highest BCUT2D eigenvalue weighted by Crippen LogP contribution is 2.17. The highest BCUT2D eigenvalue weighted by molar-refractivity contribution is 9.10. The lowest BCUT2D eigenvalue weighted by atomic mass is 10.1. The second-order valence-electron chi connectivity index (χ2n) is 4.57. The van der Waals surface area contributed by atoms with Gasteiger partial charge >= 0.3 is 4.87 Å². The van der Waals surface area contributed by atoms with Crippen molar-refractivity contribution in [1.29, 1.82) is 0 Å². The van der Waals surface area contributed by atoms with Crippen molar-refractivity contribution >= 4 is 33.2 Å². The summed E-state index contributed by atoms with van der Waals surface area (Å²) in [6.07, 6.45) is 0. The third-order valence-corrected chi connectivity index (χ3v) is 4.38. The number of hydrogen-bond donors (Lipinski definition) is 1. The second-order valence-corrected chi connectivity index (χ2v) is 6.31. The third-order valence-electron chi connectivity index (χ3n) is 3.00. The lowest BCUT2D eigenvalue weighted by molar-refractivity contribution is -0.122. The maximum Gasteiger partial charge on any atom is 0.307 e. The van der Waals surface area contributed by atoms with E-state index in [-0.39, 0.29) is 23.4 Å². The minimum Gasteiger partial charge on any atom is -0.348 e. The molecule has 106 valence electrons. The van der Waals surface area contributed by atoms with Crippen molar-refractivity contribution < 1.29 is 4.79 Å². The summed E-state index contributed by atoms with van der Waals surface area (Å²) >= 11 is 4.52. The smallest absolute Gasteiger partial charge is 0.307 e. The van der Waals surface area contributed by atoms with Crippen LogP contribution in [0, 0.1) is 6.92 Å². The fourth-order valence-corrected chi connectivity index (χ4v) is 3.04. The molecule has 0 radical (unpaired) electrons. The monoisotopic (exact) mass is 354 g/mol. The Hall–Kier alpha value is -1.40. The number of nitrogens with zero attached hydrogens (tertiary/aromatic N) is 1. The van der Waals surface area contributed by atoms with Crippen LogP contribution in [0.5, 0.6) is 0 Å². The number of halogens is 1. The number of carbonyl (C=O) groups excluding carboxylic acids is 1. The molecule has 1 amide bonds. The lowest BCUT2D eigenvalue weighted by Crippen LogP contribution is -2.32. The van der Waals surface area contributed by atoms with Gasteiger partial charge in [0.1, 0.15) is 6.54 Å². The fourth-order valence-electron chi connectivity index (χ4n) is 1.89. The third kappa shape index (κ3) is 3.58. The molecule has 0 aliphatic carbocycles. The van der Waals surface area contributed by atoms with Gasteiger partial charge in [-0.05, 0) is 31.5 Å². The van der Waals surface area contributed by atoms with Crippen molar-refractivity contribution in [2.75, 3.05) is 0 Å². The van der Waals surface area contributed by atoms with E-state index in [0.29, 0.717) is 0 Å². The van der Waals surface area contributed by atoms with Gasteiger partial charge in [-0.2, -0.15) is 0 Å². The summed E-state index contributed by atoms with van der Waals surface area (Å²) in [4.78, 5) is 23.5. The molecule has 0 spiro atoms. The molecule has 0 saturated carbocycles. The van der Waals surface area contributed by atoms with Crippen molar-refractivity contribution in [2.45, 2.75) is 26.4 Å². The number of aromatic nitrogens is 1. The van der Waals surface area contributed by atoms with E-state index >= 15 is 0 Å². The standard InChI is InChI=1S/C14H15BrN2O2S/c1-9-8-20-14(19)17(9)7-13(18)16-10(2)11-4-3-5-12(15)6-11/h3-6,8,10H,7H2,1-2H3,(H,16,18). The number of carbonyl (C=O) groups is 1. The van der Waals surface area contributed by atoms with Gasteiger partial charge < -0.3 is 5.32 Å². The maximum absolute atomic E-state index is 12.0. The summed E-state index contributed by atoms with van der Waals surface area (Å²) < 4.78 is 2.45. The van der Waals surface area contributed by atoms with Crippen LogP contribution in [-0.2, 0) is 11.3 Å². The van der Waals surface area contributed by atoms with E-state index < -0.39 is 0 Å². The first kappa shape index (κ1) is 15.0. The van der Waals surface area contributed by atoms with Crippen LogP contribution in [0.1, 0.15) is 24.2 Å². The molecule has 1 unspecified atom stereocenters. The molecule has 0 bridgehead atoms.